The summed E-state index contributed by atoms with van der Waals surface area (Å²) in [5.41, 5.74) is 1.66. The molecule has 0 saturated heterocycles. The molecular weight excluding hydrogens is 346 g/mol. The van der Waals surface area contributed by atoms with Crippen molar-refractivity contribution in [1.82, 2.24) is 24.1 Å². The van der Waals surface area contributed by atoms with E-state index in [0.717, 1.165) is 5.56 Å². The van der Waals surface area contributed by atoms with E-state index in [9.17, 15) is 4.79 Å². The number of rotatable bonds is 5. The average molecular weight is 365 g/mol. The van der Waals surface area contributed by atoms with Crippen LogP contribution in [0.5, 0.6) is 11.5 Å². The molecule has 0 spiro atoms. The molecule has 0 aliphatic heterocycles. The topological polar surface area (TPSA) is 83.5 Å². The number of pyridine rings is 1. The number of ether oxygens (including phenoxy) is 2. The molecular formula is C19H19N5O3. The van der Waals surface area contributed by atoms with Crippen molar-refractivity contribution in [2.45, 2.75) is 19.9 Å². The first kappa shape index (κ1) is 17.0. The second-order valence-electron chi connectivity index (χ2n) is 6.18. The molecule has 8 nitrogen and oxygen atoms in total. The third kappa shape index (κ3) is 2.99. The summed E-state index contributed by atoms with van der Waals surface area (Å²) in [6, 6.07) is 7.63. The highest BCUT2D eigenvalue weighted by Gasteiger charge is 2.10. The molecule has 0 bridgehead atoms. The molecule has 0 N–H and O–H groups in total. The van der Waals surface area contributed by atoms with Gasteiger partial charge in [-0.15, -0.1) is 5.10 Å². The minimum absolute atomic E-state index is 0.101. The van der Waals surface area contributed by atoms with Crippen LogP contribution in [0.2, 0.25) is 0 Å². The second-order valence-corrected chi connectivity index (χ2v) is 6.18. The number of hydrogen-bond donors (Lipinski definition) is 0. The molecule has 138 valence electrons. The van der Waals surface area contributed by atoms with Crippen LogP contribution in [0, 0.1) is 6.92 Å². The molecule has 0 atom stereocenters. The highest BCUT2D eigenvalue weighted by Crippen LogP contribution is 2.27. The number of aromatic nitrogens is 5. The SMILES string of the molecule is COc1ccc(CCn2ccc3c(cnc4nc(C)nn43)c2=O)cc1OC. The van der Waals surface area contributed by atoms with Gasteiger partial charge in [-0.3, -0.25) is 4.79 Å². The smallest absolute Gasteiger partial charge is 0.261 e. The van der Waals surface area contributed by atoms with Crippen LogP contribution in [0.4, 0.5) is 0 Å². The Labute approximate surface area is 155 Å². The molecule has 3 heterocycles. The average Bonchev–Trinajstić information content (AvgIpc) is 3.07. The van der Waals surface area contributed by atoms with Crippen molar-refractivity contribution in [3.8, 4) is 11.5 Å². The van der Waals surface area contributed by atoms with Crippen molar-refractivity contribution < 1.29 is 9.47 Å². The van der Waals surface area contributed by atoms with Gasteiger partial charge in [-0.1, -0.05) is 6.07 Å². The van der Waals surface area contributed by atoms with Crippen LogP contribution in [0.3, 0.4) is 0 Å². The zero-order valence-electron chi connectivity index (χ0n) is 15.3. The molecule has 8 heteroatoms. The molecule has 27 heavy (non-hydrogen) atoms. The first-order valence-electron chi connectivity index (χ1n) is 8.53. The molecule has 4 rings (SSSR count). The van der Waals surface area contributed by atoms with Crippen LogP contribution < -0.4 is 15.0 Å². The first-order chi connectivity index (χ1) is 13.1. The Hall–Kier alpha value is -3.42. The summed E-state index contributed by atoms with van der Waals surface area (Å²) in [6.45, 7) is 2.34. The normalized spacial score (nSPS) is 11.2. The maximum atomic E-state index is 12.8. The predicted octanol–water partition coefficient (Wildman–Crippen LogP) is 2.01. The van der Waals surface area contributed by atoms with Gasteiger partial charge < -0.3 is 14.0 Å². The summed E-state index contributed by atoms with van der Waals surface area (Å²) in [5, 5.41) is 4.83. The summed E-state index contributed by atoms with van der Waals surface area (Å²) < 4.78 is 13.9. The van der Waals surface area contributed by atoms with Gasteiger partial charge in [0.1, 0.15) is 5.82 Å². The molecule has 0 aliphatic carbocycles. The molecule has 0 aliphatic rings. The van der Waals surface area contributed by atoms with E-state index in [-0.39, 0.29) is 5.56 Å². The fourth-order valence-electron chi connectivity index (χ4n) is 3.12. The van der Waals surface area contributed by atoms with E-state index in [4.69, 9.17) is 9.47 Å². The van der Waals surface area contributed by atoms with Crippen LogP contribution in [0.1, 0.15) is 11.4 Å². The highest BCUT2D eigenvalue weighted by molar-refractivity contribution is 5.78. The molecule has 4 aromatic rings. The summed E-state index contributed by atoms with van der Waals surface area (Å²) >= 11 is 0. The quantitative estimate of drug-likeness (QED) is 0.538. The van der Waals surface area contributed by atoms with Gasteiger partial charge in [0.2, 0.25) is 0 Å². The monoisotopic (exact) mass is 365 g/mol. The second kappa shape index (κ2) is 6.71. The zero-order chi connectivity index (χ0) is 19.0. The van der Waals surface area contributed by atoms with Crippen molar-refractivity contribution >= 4 is 16.7 Å². The van der Waals surface area contributed by atoms with E-state index in [0.29, 0.717) is 47.0 Å². The van der Waals surface area contributed by atoms with E-state index >= 15 is 0 Å². The van der Waals surface area contributed by atoms with Gasteiger partial charge in [0, 0.05) is 18.9 Å². The fourth-order valence-corrected chi connectivity index (χ4v) is 3.12. The number of hydrogen-bond acceptors (Lipinski definition) is 6. The van der Waals surface area contributed by atoms with E-state index in [2.05, 4.69) is 15.1 Å². The Balaban J connectivity index is 1.65. The van der Waals surface area contributed by atoms with Crippen LogP contribution in [-0.2, 0) is 13.0 Å². The Morgan fingerprint density at radius 1 is 1.11 bits per heavy atom. The molecule has 0 unspecified atom stereocenters. The minimum Gasteiger partial charge on any atom is -0.493 e. The molecule has 0 amide bonds. The zero-order valence-corrected chi connectivity index (χ0v) is 15.3. The van der Waals surface area contributed by atoms with Gasteiger partial charge in [0.05, 0.1) is 25.1 Å². The van der Waals surface area contributed by atoms with Crippen LogP contribution in [-0.4, -0.2) is 38.4 Å². The molecule has 0 fully saturated rings. The van der Waals surface area contributed by atoms with Gasteiger partial charge >= 0.3 is 0 Å². The Morgan fingerprint density at radius 3 is 2.70 bits per heavy atom. The number of fused-ring (bicyclic) bond motifs is 3. The minimum atomic E-state index is -0.101. The van der Waals surface area contributed by atoms with Gasteiger partial charge in [0.25, 0.3) is 11.3 Å². The van der Waals surface area contributed by atoms with Crippen LogP contribution in [0.25, 0.3) is 16.7 Å². The fraction of sp³-hybridized carbons (Fsp3) is 0.263. The lowest BCUT2D eigenvalue weighted by Gasteiger charge is -2.11. The van der Waals surface area contributed by atoms with Crippen molar-refractivity contribution in [1.29, 1.82) is 0 Å². The molecule has 0 radical (unpaired) electrons. The van der Waals surface area contributed by atoms with Crippen LogP contribution >= 0.6 is 0 Å². The van der Waals surface area contributed by atoms with Gasteiger partial charge in [0.15, 0.2) is 11.5 Å². The van der Waals surface area contributed by atoms with E-state index in [1.165, 1.54) is 0 Å². The number of benzene rings is 1. The van der Waals surface area contributed by atoms with Gasteiger partial charge in [-0.05, 0) is 37.1 Å². The lowest BCUT2D eigenvalue weighted by atomic mass is 10.1. The van der Waals surface area contributed by atoms with E-state index in [1.54, 1.807) is 42.6 Å². The van der Waals surface area contributed by atoms with Gasteiger partial charge in [-0.2, -0.15) is 9.50 Å². The Morgan fingerprint density at radius 2 is 1.93 bits per heavy atom. The molecule has 0 saturated carbocycles. The summed E-state index contributed by atoms with van der Waals surface area (Å²) in [7, 11) is 3.21. The number of nitrogens with zero attached hydrogens (tertiary/aromatic N) is 5. The highest BCUT2D eigenvalue weighted by atomic mass is 16.5. The summed E-state index contributed by atoms with van der Waals surface area (Å²) in [4.78, 5) is 21.3. The lowest BCUT2D eigenvalue weighted by molar-refractivity contribution is 0.354. The summed E-state index contributed by atoms with van der Waals surface area (Å²) in [5.74, 6) is 2.46. The van der Waals surface area contributed by atoms with Crippen molar-refractivity contribution in [3.05, 3.63) is 58.4 Å². The third-order valence-corrected chi connectivity index (χ3v) is 4.50. The third-order valence-electron chi connectivity index (χ3n) is 4.50. The van der Waals surface area contributed by atoms with Crippen molar-refractivity contribution in [2.75, 3.05) is 14.2 Å². The Kier molecular flexibility index (Phi) is 4.23. The predicted molar refractivity (Wildman–Crippen MR) is 101 cm³/mol. The van der Waals surface area contributed by atoms with Crippen LogP contribution in [0.15, 0.2) is 41.5 Å². The van der Waals surface area contributed by atoms with E-state index < -0.39 is 0 Å². The largest absolute Gasteiger partial charge is 0.493 e. The van der Waals surface area contributed by atoms with Crippen molar-refractivity contribution in [2.24, 2.45) is 0 Å². The number of methoxy groups -OCH3 is 2. The molecule has 3 aromatic heterocycles. The Bertz CT molecular complexity index is 1200. The number of aryl methyl sites for hydroxylation is 3. The first-order valence-corrected chi connectivity index (χ1v) is 8.53. The van der Waals surface area contributed by atoms with Gasteiger partial charge in [-0.25, -0.2) is 4.98 Å². The maximum absolute atomic E-state index is 12.8. The molecule has 1 aromatic carbocycles. The lowest BCUT2D eigenvalue weighted by Crippen LogP contribution is -2.21. The standard InChI is InChI=1S/C19H19N5O3/c1-12-21-19-20-11-14-15(24(19)22-12)7-9-23(18(14)25)8-6-13-4-5-16(26-2)17(10-13)27-3/h4-5,7,9-11H,6,8H2,1-3H3. The van der Waals surface area contributed by atoms with Crippen molar-refractivity contribution in [3.63, 3.8) is 0 Å². The maximum Gasteiger partial charge on any atom is 0.261 e. The van der Waals surface area contributed by atoms with E-state index in [1.807, 2.05) is 24.3 Å². The summed E-state index contributed by atoms with van der Waals surface area (Å²) in [6.07, 6.45) is 4.03.